The third kappa shape index (κ3) is 2.64. The Kier molecular flexibility index (Phi) is 4.16. The fourth-order valence-corrected chi connectivity index (χ4v) is 6.09. The van der Waals surface area contributed by atoms with E-state index in [4.69, 9.17) is 9.47 Å². The maximum Gasteiger partial charge on any atom is 0.310 e. The molecule has 2 saturated carbocycles. The number of benzene rings is 2. The first kappa shape index (κ1) is 17.7. The molecule has 3 fully saturated rings. The molecule has 1 amide bonds. The van der Waals surface area contributed by atoms with Crippen molar-refractivity contribution in [1.29, 1.82) is 0 Å². The van der Waals surface area contributed by atoms with Crippen LogP contribution in [0.1, 0.15) is 6.42 Å². The first-order chi connectivity index (χ1) is 13.5. The summed E-state index contributed by atoms with van der Waals surface area (Å²) >= 11 is 3.57. The Hall–Kier alpha value is -2.41. The third-order valence-electron chi connectivity index (χ3n) is 6.20. The number of carbonyl (C=O) groups is 3. The average molecular weight is 444 g/mol. The molecule has 1 aliphatic heterocycles. The number of nitrogens with one attached hydrogen (secondary N) is 1. The molecule has 0 spiro atoms. The molecule has 2 aliphatic carbocycles. The highest BCUT2D eigenvalue weighted by Crippen LogP contribution is 2.60. The predicted octanol–water partition coefficient (Wildman–Crippen LogP) is 2.89. The van der Waals surface area contributed by atoms with Gasteiger partial charge in [-0.2, -0.15) is 0 Å². The molecule has 2 bridgehead atoms. The summed E-state index contributed by atoms with van der Waals surface area (Å²) in [5.41, 5.74) is 0.668. The summed E-state index contributed by atoms with van der Waals surface area (Å²) in [5, 5.41) is 4.73. The Balaban J connectivity index is 1.25. The van der Waals surface area contributed by atoms with E-state index in [0.717, 1.165) is 17.2 Å². The molecule has 7 heteroatoms. The minimum Gasteiger partial charge on any atom is -0.461 e. The Morgan fingerprint density at radius 2 is 1.93 bits per heavy atom. The van der Waals surface area contributed by atoms with Crippen molar-refractivity contribution >= 4 is 50.2 Å². The van der Waals surface area contributed by atoms with E-state index in [9.17, 15) is 14.4 Å². The van der Waals surface area contributed by atoms with Crippen molar-refractivity contribution in [3.05, 3.63) is 42.5 Å². The number of hydrogen-bond donors (Lipinski definition) is 1. The molecule has 144 valence electrons. The smallest absolute Gasteiger partial charge is 0.310 e. The zero-order chi connectivity index (χ0) is 19.4. The van der Waals surface area contributed by atoms with Crippen molar-refractivity contribution in [2.75, 3.05) is 11.9 Å². The SMILES string of the molecule is O=C(COC(=O)[C@@H]1[C@H]2C[C@H]3[C@H](OC(=O)[C@@H]31)[C@H]2Br)Nc1cccc2ccccc12. The first-order valence-electron chi connectivity index (χ1n) is 9.33. The normalized spacial score (nSPS) is 32.4. The van der Waals surface area contributed by atoms with E-state index in [2.05, 4.69) is 21.2 Å². The standard InChI is InChI=1S/C21H18BrNO5/c22-18-12-8-13-17(21(26)28-19(13)18)16(12)20(25)27-9-15(24)23-14-7-3-5-10-4-1-2-6-11(10)14/h1-7,12-13,16-19H,8-9H2,(H,23,24)/t12-,13-,16-,17+,18+,19+/m1/s1. The number of alkyl halides is 1. The minimum atomic E-state index is -0.536. The zero-order valence-electron chi connectivity index (χ0n) is 14.8. The van der Waals surface area contributed by atoms with Gasteiger partial charge in [0.05, 0.1) is 16.7 Å². The highest BCUT2D eigenvalue weighted by Gasteiger charge is 2.68. The van der Waals surface area contributed by atoms with Gasteiger partial charge in [0, 0.05) is 17.0 Å². The Bertz CT molecular complexity index is 986. The van der Waals surface area contributed by atoms with Gasteiger partial charge >= 0.3 is 11.9 Å². The monoisotopic (exact) mass is 443 g/mol. The van der Waals surface area contributed by atoms with Gasteiger partial charge in [0.25, 0.3) is 5.91 Å². The molecule has 0 aromatic heterocycles. The Labute approximate surface area is 169 Å². The molecule has 5 rings (SSSR count). The van der Waals surface area contributed by atoms with Crippen molar-refractivity contribution < 1.29 is 23.9 Å². The predicted molar refractivity (Wildman–Crippen MR) is 105 cm³/mol. The maximum absolute atomic E-state index is 12.7. The van der Waals surface area contributed by atoms with E-state index in [0.29, 0.717) is 5.69 Å². The van der Waals surface area contributed by atoms with Gasteiger partial charge in [-0.25, -0.2) is 0 Å². The van der Waals surface area contributed by atoms with E-state index in [-0.39, 0.29) is 35.3 Å². The number of rotatable bonds is 4. The maximum atomic E-state index is 12.7. The van der Waals surface area contributed by atoms with E-state index in [1.807, 2.05) is 42.5 Å². The van der Waals surface area contributed by atoms with Crippen molar-refractivity contribution in [1.82, 2.24) is 0 Å². The lowest BCUT2D eigenvalue weighted by molar-refractivity contribution is -0.157. The molecule has 3 aliphatic rings. The van der Waals surface area contributed by atoms with Crippen LogP contribution in [0.25, 0.3) is 10.8 Å². The largest absolute Gasteiger partial charge is 0.461 e. The van der Waals surface area contributed by atoms with Crippen LogP contribution >= 0.6 is 15.9 Å². The molecule has 28 heavy (non-hydrogen) atoms. The van der Waals surface area contributed by atoms with E-state index >= 15 is 0 Å². The molecular formula is C21H18BrNO5. The lowest BCUT2D eigenvalue weighted by Gasteiger charge is -2.26. The molecule has 2 aromatic rings. The number of halogens is 1. The summed E-state index contributed by atoms with van der Waals surface area (Å²) in [6.45, 7) is -0.381. The van der Waals surface area contributed by atoms with Crippen molar-refractivity contribution in [3.63, 3.8) is 0 Å². The Morgan fingerprint density at radius 3 is 2.79 bits per heavy atom. The fourth-order valence-electron chi connectivity index (χ4n) is 5.05. The molecule has 1 heterocycles. The average Bonchev–Trinajstić information content (AvgIpc) is 3.31. The second kappa shape index (κ2) is 6.58. The highest BCUT2D eigenvalue weighted by molar-refractivity contribution is 9.09. The summed E-state index contributed by atoms with van der Waals surface area (Å²) in [7, 11) is 0. The molecule has 1 N–H and O–H groups in total. The fraction of sp³-hybridized carbons (Fsp3) is 0.381. The van der Waals surface area contributed by atoms with Gasteiger partial charge < -0.3 is 14.8 Å². The van der Waals surface area contributed by atoms with Crippen LogP contribution in [-0.2, 0) is 23.9 Å². The minimum absolute atomic E-state index is 0.0140. The number of esters is 2. The lowest BCUT2D eigenvalue weighted by atomic mass is 9.80. The molecular weight excluding hydrogens is 426 g/mol. The molecule has 6 nitrogen and oxygen atoms in total. The summed E-state index contributed by atoms with van der Waals surface area (Å²) in [4.78, 5) is 37.1. The van der Waals surface area contributed by atoms with Crippen LogP contribution in [0, 0.1) is 23.7 Å². The second-order valence-electron chi connectivity index (χ2n) is 7.64. The molecule has 6 atom stereocenters. The van der Waals surface area contributed by atoms with Crippen LogP contribution in [0.3, 0.4) is 0 Å². The van der Waals surface area contributed by atoms with Gasteiger partial charge in [-0.1, -0.05) is 52.3 Å². The Morgan fingerprint density at radius 1 is 1.14 bits per heavy atom. The van der Waals surface area contributed by atoms with E-state index in [1.165, 1.54) is 0 Å². The number of amides is 1. The summed E-state index contributed by atoms with van der Waals surface area (Å²) in [6.07, 6.45) is 0.639. The van der Waals surface area contributed by atoms with Crippen LogP contribution in [-0.4, -0.2) is 35.4 Å². The molecule has 0 unspecified atom stereocenters. The first-order valence-corrected chi connectivity index (χ1v) is 10.2. The highest BCUT2D eigenvalue weighted by atomic mass is 79.9. The number of fused-ring (bicyclic) bond motifs is 2. The lowest BCUT2D eigenvalue weighted by Crippen LogP contribution is -2.39. The van der Waals surface area contributed by atoms with Crippen LogP contribution in [0.5, 0.6) is 0 Å². The van der Waals surface area contributed by atoms with E-state index in [1.54, 1.807) is 0 Å². The second-order valence-corrected chi connectivity index (χ2v) is 8.70. The van der Waals surface area contributed by atoms with Crippen molar-refractivity contribution in [2.45, 2.75) is 17.4 Å². The number of carbonyl (C=O) groups excluding carboxylic acids is 3. The topological polar surface area (TPSA) is 81.7 Å². The number of hydrogen-bond acceptors (Lipinski definition) is 5. The van der Waals surface area contributed by atoms with Gasteiger partial charge in [0.1, 0.15) is 6.10 Å². The van der Waals surface area contributed by atoms with Crippen LogP contribution < -0.4 is 5.32 Å². The summed E-state index contributed by atoms with van der Waals surface area (Å²) < 4.78 is 10.7. The van der Waals surface area contributed by atoms with Gasteiger partial charge in [0.2, 0.25) is 0 Å². The summed E-state index contributed by atoms with van der Waals surface area (Å²) in [5.74, 6) is -2.10. The van der Waals surface area contributed by atoms with Crippen molar-refractivity contribution in [3.8, 4) is 0 Å². The molecule has 1 saturated heterocycles. The van der Waals surface area contributed by atoms with Gasteiger partial charge in [-0.05, 0) is 23.8 Å². The van der Waals surface area contributed by atoms with Crippen molar-refractivity contribution in [2.24, 2.45) is 23.7 Å². The van der Waals surface area contributed by atoms with Gasteiger partial charge in [0.15, 0.2) is 6.61 Å². The van der Waals surface area contributed by atoms with Crippen LogP contribution in [0.4, 0.5) is 5.69 Å². The summed E-state index contributed by atoms with van der Waals surface area (Å²) in [6, 6.07) is 13.3. The number of ether oxygens (including phenoxy) is 2. The third-order valence-corrected chi connectivity index (χ3v) is 7.40. The van der Waals surface area contributed by atoms with Gasteiger partial charge in [-0.3, -0.25) is 14.4 Å². The number of anilines is 1. The molecule has 2 aromatic carbocycles. The van der Waals surface area contributed by atoms with Crippen LogP contribution in [0.2, 0.25) is 0 Å². The van der Waals surface area contributed by atoms with Gasteiger partial charge in [-0.15, -0.1) is 0 Å². The van der Waals surface area contributed by atoms with Crippen LogP contribution in [0.15, 0.2) is 42.5 Å². The molecule has 0 radical (unpaired) electrons. The van der Waals surface area contributed by atoms with E-state index < -0.39 is 23.7 Å². The quantitative estimate of drug-likeness (QED) is 0.580. The zero-order valence-corrected chi connectivity index (χ0v) is 16.4.